The fraction of sp³-hybridized carbons (Fsp3) is 0.593. The van der Waals surface area contributed by atoms with Gasteiger partial charge in [-0.2, -0.15) is 5.10 Å². The molecule has 2 aromatic rings. The lowest BCUT2D eigenvalue weighted by atomic mass is 9.90. The van der Waals surface area contributed by atoms with Crippen LogP contribution in [0.2, 0.25) is 0 Å². The smallest absolute Gasteiger partial charge is 0.277 e. The Kier molecular flexibility index (Phi) is 6.74. The van der Waals surface area contributed by atoms with Crippen molar-refractivity contribution in [3.8, 4) is 5.75 Å². The van der Waals surface area contributed by atoms with Crippen molar-refractivity contribution >= 4 is 17.5 Å². The van der Waals surface area contributed by atoms with Gasteiger partial charge in [0.1, 0.15) is 17.0 Å². The summed E-state index contributed by atoms with van der Waals surface area (Å²) < 4.78 is 7.14. The Morgan fingerprint density at radius 2 is 1.79 bits per heavy atom. The van der Waals surface area contributed by atoms with Gasteiger partial charge in [0.2, 0.25) is 5.91 Å². The van der Waals surface area contributed by atoms with Crippen molar-refractivity contribution in [2.75, 3.05) is 12.0 Å². The van der Waals surface area contributed by atoms with Crippen LogP contribution in [0.25, 0.3) is 0 Å². The number of methoxy groups -OCH3 is 1. The van der Waals surface area contributed by atoms with Crippen molar-refractivity contribution in [1.29, 1.82) is 0 Å². The number of nitrogens with one attached hydrogen (secondary N) is 1. The first-order chi connectivity index (χ1) is 16.1. The van der Waals surface area contributed by atoms with Crippen LogP contribution in [0.3, 0.4) is 0 Å². The minimum Gasteiger partial charge on any atom is -0.497 e. The fourth-order valence-electron chi connectivity index (χ4n) is 5.04. The predicted octanol–water partition coefficient (Wildman–Crippen LogP) is 4.84. The van der Waals surface area contributed by atoms with Crippen LogP contribution in [0.1, 0.15) is 88.8 Å². The number of aromatic nitrogens is 2. The molecular weight excluding hydrogens is 428 g/mol. The molecule has 0 bridgehead atoms. The molecule has 1 aliphatic carbocycles. The lowest BCUT2D eigenvalue weighted by Gasteiger charge is -2.44. The van der Waals surface area contributed by atoms with Gasteiger partial charge in [-0.25, -0.2) is 0 Å². The van der Waals surface area contributed by atoms with Crippen molar-refractivity contribution in [3.63, 3.8) is 0 Å². The first-order valence-electron chi connectivity index (χ1n) is 12.5. The van der Waals surface area contributed by atoms with Crippen molar-refractivity contribution in [2.45, 2.75) is 96.2 Å². The molecule has 2 heterocycles. The fourth-order valence-corrected chi connectivity index (χ4v) is 5.04. The number of carbonyl (C=O) groups excluding carboxylic acids is 2. The summed E-state index contributed by atoms with van der Waals surface area (Å²) in [6.45, 7) is 8.37. The predicted molar refractivity (Wildman–Crippen MR) is 133 cm³/mol. The van der Waals surface area contributed by atoms with Crippen molar-refractivity contribution in [2.24, 2.45) is 0 Å². The Bertz CT molecular complexity index is 1050. The molecule has 184 valence electrons. The maximum absolute atomic E-state index is 13.9. The summed E-state index contributed by atoms with van der Waals surface area (Å²) in [5.74, 6) is 0.285. The molecule has 1 aliphatic heterocycles. The second kappa shape index (κ2) is 9.43. The minimum absolute atomic E-state index is 0.132. The van der Waals surface area contributed by atoms with Gasteiger partial charge in [-0.15, -0.1) is 0 Å². The molecule has 0 saturated heterocycles. The summed E-state index contributed by atoms with van der Waals surface area (Å²) in [6, 6.07) is 9.36. The summed E-state index contributed by atoms with van der Waals surface area (Å²) >= 11 is 0. The van der Waals surface area contributed by atoms with Gasteiger partial charge in [0.15, 0.2) is 0 Å². The van der Waals surface area contributed by atoms with Gasteiger partial charge in [0.05, 0.1) is 19.3 Å². The number of hydrogen-bond donors (Lipinski definition) is 1. The summed E-state index contributed by atoms with van der Waals surface area (Å²) in [5, 5.41) is 8.06. The van der Waals surface area contributed by atoms with Crippen LogP contribution in [0.5, 0.6) is 5.75 Å². The third-order valence-corrected chi connectivity index (χ3v) is 7.16. The highest BCUT2D eigenvalue weighted by atomic mass is 16.5. The van der Waals surface area contributed by atoms with Gasteiger partial charge in [0, 0.05) is 23.2 Å². The number of nitrogens with zero attached hydrogens (tertiary/aromatic N) is 3. The number of anilines is 1. The standard InChI is InChI=1S/C27H38N4O3/c1-26(2,3)23-17-22-24(32)31(20-14-11-15-21(16-20)34-5)27(4,18-30(22)29-23)25(33)28-19-12-9-7-6-8-10-13-19/h11,14-17,19H,6-10,12-13,18H2,1-5H3,(H,28,33)/t27-/m0/s1. The van der Waals surface area contributed by atoms with Crippen LogP contribution in [0, 0.1) is 0 Å². The monoisotopic (exact) mass is 466 g/mol. The van der Waals surface area contributed by atoms with E-state index in [0.717, 1.165) is 31.4 Å². The Balaban J connectivity index is 1.74. The molecule has 34 heavy (non-hydrogen) atoms. The summed E-state index contributed by atoms with van der Waals surface area (Å²) in [5.41, 5.74) is 0.655. The minimum atomic E-state index is -1.13. The van der Waals surface area contributed by atoms with Gasteiger partial charge in [-0.1, -0.05) is 58.9 Å². The maximum atomic E-state index is 13.9. The number of hydrogen-bond acceptors (Lipinski definition) is 4. The molecule has 2 amide bonds. The molecule has 1 fully saturated rings. The van der Waals surface area contributed by atoms with E-state index in [4.69, 9.17) is 9.84 Å². The Labute approximate surface area is 202 Å². The van der Waals surface area contributed by atoms with E-state index in [2.05, 4.69) is 26.1 Å². The molecule has 1 aromatic heterocycles. The molecule has 1 saturated carbocycles. The van der Waals surface area contributed by atoms with Gasteiger partial charge in [-0.05, 0) is 38.0 Å². The van der Waals surface area contributed by atoms with Gasteiger partial charge >= 0.3 is 0 Å². The number of ether oxygens (including phenoxy) is 1. The summed E-state index contributed by atoms with van der Waals surface area (Å²) in [7, 11) is 1.60. The maximum Gasteiger partial charge on any atom is 0.277 e. The third-order valence-electron chi connectivity index (χ3n) is 7.16. The number of benzene rings is 1. The Morgan fingerprint density at radius 3 is 2.44 bits per heavy atom. The zero-order valence-electron chi connectivity index (χ0n) is 21.2. The molecule has 0 radical (unpaired) electrons. The molecule has 4 rings (SSSR count). The largest absolute Gasteiger partial charge is 0.497 e. The lowest BCUT2D eigenvalue weighted by molar-refractivity contribution is -0.127. The molecular formula is C27H38N4O3. The van der Waals surface area contributed by atoms with E-state index in [1.807, 2.05) is 37.3 Å². The SMILES string of the molecule is COc1cccc(N2C(=O)c3cc(C(C)(C)C)nn3C[C@@]2(C)C(=O)NC2CCCCCCC2)c1. The topological polar surface area (TPSA) is 76.5 Å². The van der Waals surface area contributed by atoms with Crippen LogP contribution >= 0.6 is 0 Å². The van der Waals surface area contributed by atoms with Crippen LogP contribution in [0.15, 0.2) is 30.3 Å². The molecule has 1 aromatic carbocycles. The highest BCUT2D eigenvalue weighted by Gasteiger charge is 2.49. The summed E-state index contributed by atoms with van der Waals surface area (Å²) in [4.78, 5) is 29.5. The van der Waals surface area contributed by atoms with Crippen molar-refractivity contribution < 1.29 is 14.3 Å². The molecule has 7 nitrogen and oxygen atoms in total. The van der Waals surface area contributed by atoms with E-state index in [0.29, 0.717) is 23.7 Å². The van der Waals surface area contributed by atoms with E-state index in [1.54, 1.807) is 16.7 Å². The molecule has 2 aliphatic rings. The van der Waals surface area contributed by atoms with Crippen LogP contribution in [-0.2, 0) is 16.8 Å². The van der Waals surface area contributed by atoms with E-state index in [9.17, 15) is 9.59 Å². The zero-order valence-corrected chi connectivity index (χ0v) is 21.2. The van der Waals surface area contributed by atoms with E-state index < -0.39 is 5.54 Å². The second-order valence-electron chi connectivity index (χ2n) is 11.0. The average molecular weight is 467 g/mol. The zero-order chi connectivity index (χ0) is 24.5. The van der Waals surface area contributed by atoms with Crippen LogP contribution in [0.4, 0.5) is 5.69 Å². The van der Waals surface area contributed by atoms with Crippen molar-refractivity contribution in [3.05, 3.63) is 41.7 Å². The third kappa shape index (κ3) is 4.70. The average Bonchev–Trinajstić information content (AvgIpc) is 3.20. The Morgan fingerprint density at radius 1 is 1.12 bits per heavy atom. The normalized spacial score (nSPS) is 22.0. The molecule has 1 atom stereocenters. The number of carbonyl (C=O) groups is 2. The van der Waals surface area contributed by atoms with E-state index in [1.165, 1.54) is 19.3 Å². The molecule has 7 heteroatoms. The van der Waals surface area contributed by atoms with E-state index in [-0.39, 0.29) is 23.3 Å². The highest BCUT2D eigenvalue weighted by Crippen LogP contribution is 2.36. The van der Waals surface area contributed by atoms with Gasteiger partial charge < -0.3 is 10.1 Å². The number of amides is 2. The highest BCUT2D eigenvalue weighted by molar-refractivity contribution is 6.12. The Hall–Kier alpha value is -2.83. The summed E-state index contributed by atoms with van der Waals surface area (Å²) in [6.07, 6.45) is 7.91. The second-order valence-corrected chi connectivity index (χ2v) is 11.0. The molecule has 0 spiro atoms. The van der Waals surface area contributed by atoms with Crippen LogP contribution < -0.4 is 15.0 Å². The van der Waals surface area contributed by atoms with Crippen molar-refractivity contribution in [1.82, 2.24) is 15.1 Å². The number of fused-ring (bicyclic) bond motifs is 1. The van der Waals surface area contributed by atoms with Gasteiger partial charge in [0.25, 0.3) is 5.91 Å². The van der Waals surface area contributed by atoms with E-state index >= 15 is 0 Å². The molecule has 0 unspecified atom stereocenters. The van der Waals surface area contributed by atoms with Gasteiger partial charge in [-0.3, -0.25) is 19.2 Å². The first kappa shape index (κ1) is 24.3. The lowest BCUT2D eigenvalue weighted by Crippen LogP contribution is -2.65. The quantitative estimate of drug-likeness (QED) is 0.700. The molecule has 1 N–H and O–H groups in total. The first-order valence-corrected chi connectivity index (χ1v) is 12.5. The van der Waals surface area contributed by atoms with Crippen LogP contribution in [-0.4, -0.2) is 40.3 Å². The number of rotatable bonds is 4.